The van der Waals surface area contributed by atoms with Crippen LogP contribution in [-0.2, 0) is 6.42 Å². The minimum Gasteiger partial charge on any atom is -0.494 e. The molecule has 0 aliphatic rings. The van der Waals surface area contributed by atoms with E-state index in [-0.39, 0.29) is 12.4 Å². The van der Waals surface area contributed by atoms with Gasteiger partial charge in [-0.2, -0.15) is 0 Å². The highest BCUT2D eigenvalue weighted by atomic mass is 79.9. The molecule has 0 aliphatic carbocycles. The van der Waals surface area contributed by atoms with Crippen molar-refractivity contribution in [3.63, 3.8) is 0 Å². The van der Waals surface area contributed by atoms with Gasteiger partial charge in [0.15, 0.2) is 0 Å². The van der Waals surface area contributed by atoms with E-state index in [9.17, 15) is 5.11 Å². The molecule has 2 aromatic rings. The number of aliphatic hydroxyl groups is 1. The van der Waals surface area contributed by atoms with Crippen molar-refractivity contribution in [1.82, 2.24) is 0 Å². The largest absolute Gasteiger partial charge is 0.494 e. The summed E-state index contributed by atoms with van der Waals surface area (Å²) < 4.78 is 6.52. The van der Waals surface area contributed by atoms with Crippen molar-refractivity contribution in [3.8, 4) is 5.75 Å². The van der Waals surface area contributed by atoms with Crippen LogP contribution in [0.15, 0.2) is 53.0 Å². The van der Waals surface area contributed by atoms with Crippen LogP contribution in [0.4, 0.5) is 0 Å². The lowest BCUT2D eigenvalue weighted by molar-refractivity contribution is 0.143. The Morgan fingerprint density at radius 3 is 2.50 bits per heavy atom. The Labute approximate surface area is 146 Å². The van der Waals surface area contributed by atoms with Crippen LogP contribution in [0.25, 0.3) is 0 Å². The van der Waals surface area contributed by atoms with E-state index in [4.69, 9.17) is 10.5 Å². The molecule has 0 aliphatic heterocycles. The summed E-state index contributed by atoms with van der Waals surface area (Å²) in [5.41, 5.74) is 8.11. The van der Waals surface area contributed by atoms with Crippen LogP contribution < -0.4 is 10.5 Å². The van der Waals surface area contributed by atoms with Crippen LogP contribution in [0, 0.1) is 0 Å². The molecule has 3 nitrogen and oxygen atoms in total. The summed E-state index contributed by atoms with van der Waals surface area (Å²) in [6.07, 6.45) is -0.152. The predicted octanol–water partition coefficient (Wildman–Crippen LogP) is 3.87. The molecule has 2 atom stereocenters. The zero-order valence-corrected chi connectivity index (χ0v) is 14.8. The average molecular weight is 387 g/mol. The molecule has 0 amide bonds. The second kappa shape index (κ2) is 9.16. The van der Waals surface area contributed by atoms with Crippen molar-refractivity contribution in [2.45, 2.75) is 25.5 Å². The van der Waals surface area contributed by atoms with Crippen LogP contribution >= 0.6 is 28.3 Å². The monoisotopic (exact) mass is 385 g/mol. The van der Waals surface area contributed by atoms with E-state index in [0.29, 0.717) is 13.0 Å². The van der Waals surface area contributed by atoms with E-state index in [1.54, 1.807) is 0 Å². The van der Waals surface area contributed by atoms with Crippen molar-refractivity contribution < 1.29 is 9.84 Å². The third-order valence-electron chi connectivity index (χ3n) is 3.33. The van der Waals surface area contributed by atoms with E-state index in [1.165, 1.54) is 0 Å². The van der Waals surface area contributed by atoms with Gasteiger partial charge in [-0.1, -0.05) is 46.3 Å². The number of ether oxygens (including phenoxy) is 1. The van der Waals surface area contributed by atoms with Crippen molar-refractivity contribution in [1.29, 1.82) is 0 Å². The summed E-state index contributed by atoms with van der Waals surface area (Å²) in [4.78, 5) is 0. The highest BCUT2D eigenvalue weighted by Gasteiger charge is 2.21. The molecule has 2 rings (SSSR count). The first kappa shape index (κ1) is 19.0. The Bertz CT molecular complexity index is 580. The minimum atomic E-state index is -0.666. The lowest BCUT2D eigenvalue weighted by Gasteiger charge is -2.22. The van der Waals surface area contributed by atoms with Gasteiger partial charge < -0.3 is 15.6 Å². The van der Waals surface area contributed by atoms with Gasteiger partial charge in [-0.3, -0.25) is 0 Å². The molecule has 2 aromatic carbocycles. The Balaban J connectivity index is 0.00000242. The molecular weight excluding hydrogens is 366 g/mol. The van der Waals surface area contributed by atoms with E-state index in [0.717, 1.165) is 21.3 Å². The smallest absolute Gasteiger partial charge is 0.124 e. The van der Waals surface area contributed by atoms with Gasteiger partial charge in [0.05, 0.1) is 18.8 Å². The Morgan fingerprint density at radius 1 is 1.18 bits per heavy atom. The van der Waals surface area contributed by atoms with Gasteiger partial charge in [0, 0.05) is 16.5 Å². The van der Waals surface area contributed by atoms with Crippen LogP contribution in [0.5, 0.6) is 5.75 Å². The Morgan fingerprint density at radius 2 is 1.86 bits per heavy atom. The average Bonchev–Trinajstić information content (AvgIpc) is 2.49. The van der Waals surface area contributed by atoms with Crippen molar-refractivity contribution in [2.24, 2.45) is 5.73 Å². The maximum absolute atomic E-state index is 10.4. The molecule has 0 spiro atoms. The fraction of sp³-hybridized carbons (Fsp3) is 0.294. The first-order valence-corrected chi connectivity index (χ1v) is 7.81. The molecule has 0 radical (unpaired) electrons. The summed E-state index contributed by atoms with van der Waals surface area (Å²) in [6, 6.07) is 15.0. The number of aliphatic hydroxyl groups excluding tert-OH is 1. The molecule has 22 heavy (non-hydrogen) atoms. The standard InChI is InChI=1S/C17H20BrNO2.ClH/c1-2-21-16-9-8-13(18)11-14(16)17(19)15(20)10-12-6-4-3-5-7-12;/h3-9,11,15,17,20H,2,10,19H2,1H3;1H/t15-,17+;/m0./s1. The second-order valence-electron chi connectivity index (χ2n) is 4.90. The maximum atomic E-state index is 10.4. The van der Waals surface area contributed by atoms with Crippen molar-refractivity contribution in [2.75, 3.05) is 6.61 Å². The van der Waals surface area contributed by atoms with Gasteiger partial charge in [-0.05, 0) is 30.7 Å². The van der Waals surface area contributed by atoms with Gasteiger partial charge in [0.2, 0.25) is 0 Å². The fourth-order valence-electron chi connectivity index (χ4n) is 2.26. The third kappa shape index (κ3) is 4.99. The van der Waals surface area contributed by atoms with Gasteiger partial charge in [0.25, 0.3) is 0 Å². The number of hydrogen-bond donors (Lipinski definition) is 2. The number of rotatable bonds is 6. The normalized spacial score (nSPS) is 13.1. The Hall–Kier alpha value is -1.07. The van der Waals surface area contributed by atoms with E-state index in [1.807, 2.05) is 55.5 Å². The molecular formula is C17H21BrClNO2. The van der Waals surface area contributed by atoms with E-state index >= 15 is 0 Å². The SMILES string of the molecule is CCOc1ccc(Br)cc1[C@@H](N)[C@@H](O)Cc1ccccc1.Cl. The lowest BCUT2D eigenvalue weighted by Crippen LogP contribution is -2.28. The summed E-state index contributed by atoms with van der Waals surface area (Å²) in [5, 5.41) is 10.4. The molecule has 0 saturated carbocycles. The number of halogens is 2. The third-order valence-corrected chi connectivity index (χ3v) is 3.83. The molecule has 0 unspecified atom stereocenters. The van der Waals surface area contributed by atoms with Gasteiger partial charge in [-0.15, -0.1) is 12.4 Å². The second-order valence-corrected chi connectivity index (χ2v) is 5.81. The van der Waals surface area contributed by atoms with Gasteiger partial charge in [0.1, 0.15) is 5.75 Å². The topological polar surface area (TPSA) is 55.5 Å². The van der Waals surface area contributed by atoms with Gasteiger partial charge >= 0.3 is 0 Å². The van der Waals surface area contributed by atoms with Gasteiger partial charge in [-0.25, -0.2) is 0 Å². The highest BCUT2D eigenvalue weighted by Crippen LogP contribution is 2.30. The molecule has 0 aromatic heterocycles. The Kier molecular flexibility index (Phi) is 7.90. The molecule has 120 valence electrons. The predicted molar refractivity (Wildman–Crippen MR) is 95.6 cm³/mol. The minimum absolute atomic E-state index is 0. The highest BCUT2D eigenvalue weighted by molar-refractivity contribution is 9.10. The zero-order valence-electron chi connectivity index (χ0n) is 12.4. The summed E-state index contributed by atoms with van der Waals surface area (Å²) in [7, 11) is 0. The van der Waals surface area contributed by atoms with Crippen LogP contribution in [0.1, 0.15) is 24.1 Å². The first-order chi connectivity index (χ1) is 10.1. The molecule has 3 N–H and O–H groups in total. The zero-order chi connectivity index (χ0) is 15.2. The summed E-state index contributed by atoms with van der Waals surface area (Å²) >= 11 is 3.44. The lowest BCUT2D eigenvalue weighted by atomic mass is 9.96. The molecule has 0 bridgehead atoms. The number of benzene rings is 2. The molecule has 0 heterocycles. The summed E-state index contributed by atoms with van der Waals surface area (Å²) in [5.74, 6) is 0.723. The van der Waals surface area contributed by atoms with E-state index < -0.39 is 12.1 Å². The molecule has 0 fully saturated rings. The van der Waals surface area contributed by atoms with E-state index in [2.05, 4.69) is 15.9 Å². The maximum Gasteiger partial charge on any atom is 0.124 e. The number of nitrogens with two attached hydrogens (primary N) is 1. The van der Waals surface area contributed by atoms with Crippen molar-refractivity contribution >= 4 is 28.3 Å². The quantitative estimate of drug-likeness (QED) is 0.792. The number of hydrogen-bond acceptors (Lipinski definition) is 3. The van der Waals surface area contributed by atoms with Crippen molar-refractivity contribution in [3.05, 3.63) is 64.1 Å². The fourth-order valence-corrected chi connectivity index (χ4v) is 2.64. The first-order valence-electron chi connectivity index (χ1n) is 7.01. The van der Waals surface area contributed by atoms with Crippen LogP contribution in [-0.4, -0.2) is 17.8 Å². The van der Waals surface area contributed by atoms with Crippen LogP contribution in [0.2, 0.25) is 0 Å². The summed E-state index contributed by atoms with van der Waals surface area (Å²) in [6.45, 7) is 2.49. The van der Waals surface area contributed by atoms with Crippen LogP contribution in [0.3, 0.4) is 0 Å². The molecule has 0 saturated heterocycles. The molecule has 5 heteroatoms.